The van der Waals surface area contributed by atoms with E-state index in [0.717, 1.165) is 5.56 Å². The molecule has 0 saturated carbocycles. The maximum atomic E-state index is 13.1. The van der Waals surface area contributed by atoms with Gasteiger partial charge in [-0.3, -0.25) is 4.79 Å². The van der Waals surface area contributed by atoms with E-state index < -0.39 is 11.4 Å². The van der Waals surface area contributed by atoms with E-state index in [1.807, 2.05) is 0 Å². The van der Waals surface area contributed by atoms with Crippen molar-refractivity contribution in [2.24, 2.45) is 5.41 Å². The number of nitrogens with zero attached hydrogens (tertiary/aromatic N) is 2. The zero-order valence-corrected chi connectivity index (χ0v) is 18.7. The van der Waals surface area contributed by atoms with Gasteiger partial charge in [0.2, 0.25) is 0 Å². The number of ether oxygens (including phenoxy) is 2. The van der Waals surface area contributed by atoms with E-state index in [0.29, 0.717) is 36.8 Å². The van der Waals surface area contributed by atoms with Gasteiger partial charge >= 0.3 is 5.97 Å². The van der Waals surface area contributed by atoms with Gasteiger partial charge in [0, 0.05) is 17.6 Å². The SMILES string of the molecule is COC(=O)c1cc(Br)ccc1OCC(=O)N1CCC(C#N)(Cc2ccc(F)cc2)CC1. The molecular weight excluding hydrogens is 467 g/mol. The van der Waals surface area contributed by atoms with Crippen molar-refractivity contribution in [3.8, 4) is 11.8 Å². The van der Waals surface area contributed by atoms with E-state index >= 15 is 0 Å². The Morgan fingerprint density at radius 2 is 1.87 bits per heavy atom. The van der Waals surface area contributed by atoms with Crippen LogP contribution in [0.4, 0.5) is 4.39 Å². The molecule has 6 nitrogen and oxygen atoms in total. The van der Waals surface area contributed by atoms with Crippen molar-refractivity contribution in [2.75, 3.05) is 26.8 Å². The van der Waals surface area contributed by atoms with Crippen molar-refractivity contribution in [1.82, 2.24) is 4.90 Å². The average molecular weight is 489 g/mol. The van der Waals surface area contributed by atoms with Gasteiger partial charge < -0.3 is 14.4 Å². The van der Waals surface area contributed by atoms with Crippen LogP contribution < -0.4 is 4.74 Å². The number of hydrogen-bond donors (Lipinski definition) is 0. The number of esters is 1. The van der Waals surface area contributed by atoms with Gasteiger partial charge in [0.25, 0.3) is 5.91 Å². The van der Waals surface area contributed by atoms with Crippen LogP contribution in [0.3, 0.4) is 0 Å². The summed E-state index contributed by atoms with van der Waals surface area (Å²) in [6, 6.07) is 13.5. The third-order valence-electron chi connectivity index (χ3n) is 5.46. The number of amides is 1. The van der Waals surface area contributed by atoms with Gasteiger partial charge in [0.1, 0.15) is 17.1 Å². The first-order valence-electron chi connectivity index (χ1n) is 9.80. The van der Waals surface area contributed by atoms with Crippen molar-refractivity contribution < 1.29 is 23.5 Å². The second-order valence-corrected chi connectivity index (χ2v) is 8.41. The fourth-order valence-electron chi connectivity index (χ4n) is 3.63. The van der Waals surface area contributed by atoms with Crippen molar-refractivity contribution >= 4 is 27.8 Å². The maximum Gasteiger partial charge on any atom is 0.341 e. The lowest BCUT2D eigenvalue weighted by molar-refractivity contribution is -0.135. The molecule has 0 atom stereocenters. The molecule has 0 unspecified atom stereocenters. The highest BCUT2D eigenvalue weighted by Crippen LogP contribution is 2.34. The van der Waals surface area contributed by atoms with E-state index in [-0.39, 0.29) is 29.6 Å². The first-order valence-corrected chi connectivity index (χ1v) is 10.6. The number of piperidine rings is 1. The maximum absolute atomic E-state index is 13.1. The molecule has 162 valence electrons. The summed E-state index contributed by atoms with van der Waals surface area (Å²) in [5.41, 5.74) is 0.543. The lowest BCUT2D eigenvalue weighted by Crippen LogP contribution is -2.45. The highest BCUT2D eigenvalue weighted by atomic mass is 79.9. The summed E-state index contributed by atoms with van der Waals surface area (Å²) in [5.74, 6) is -0.812. The molecule has 1 heterocycles. The fraction of sp³-hybridized carbons (Fsp3) is 0.348. The van der Waals surface area contributed by atoms with Crippen LogP contribution in [0.15, 0.2) is 46.9 Å². The molecule has 31 heavy (non-hydrogen) atoms. The third kappa shape index (κ3) is 5.61. The van der Waals surface area contributed by atoms with Crippen LogP contribution in [0.2, 0.25) is 0 Å². The second-order valence-electron chi connectivity index (χ2n) is 7.50. The van der Waals surface area contributed by atoms with Gasteiger partial charge in [-0.2, -0.15) is 5.26 Å². The molecule has 0 spiro atoms. The van der Waals surface area contributed by atoms with Crippen LogP contribution in [0.1, 0.15) is 28.8 Å². The van der Waals surface area contributed by atoms with Crippen LogP contribution in [-0.4, -0.2) is 43.6 Å². The molecule has 1 fully saturated rings. The number of methoxy groups -OCH3 is 1. The zero-order chi connectivity index (χ0) is 22.4. The summed E-state index contributed by atoms with van der Waals surface area (Å²) in [7, 11) is 1.28. The van der Waals surface area contributed by atoms with Crippen molar-refractivity contribution in [2.45, 2.75) is 19.3 Å². The lowest BCUT2D eigenvalue weighted by atomic mass is 9.75. The molecule has 0 N–H and O–H groups in total. The fourth-order valence-corrected chi connectivity index (χ4v) is 3.99. The van der Waals surface area contributed by atoms with Gasteiger partial charge in [-0.15, -0.1) is 0 Å². The molecular formula is C23H22BrFN2O4. The van der Waals surface area contributed by atoms with E-state index in [1.165, 1.54) is 19.2 Å². The zero-order valence-electron chi connectivity index (χ0n) is 17.1. The van der Waals surface area contributed by atoms with Gasteiger partial charge in [-0.1, -0.05) is 28.1 Å². The number of carbonyl (C=O) groups is 2. The quantitative estimate of drug-likeness (QED) is 0.571. The number of hydrogen-bond acceptors (Lipinski definition) is 5. The minimum Gasteiger partial charge on any atom is -0.483 e. The van der Waals surface area contributed by atoms with Gasteiger partial charge in [0.05, 0.1) is 18.6 Å². The molecule has 1 amide bonds. The Kier molecular flexibility index (Phi) is 7.29. The van der Waals surface area contributed by atoms with E-state index in [2.05, 4.69) is 22.0 Å². The van der Waals surface area contributed by atoms with Crippen LogP contribution in [0, 0.1) is 22.6 Å². The summed E-state index contributed by atoms with van der Waals surface area (Å²) < 4.78 is 24.2. The lowest BCUT2D eigenvalue weighted by Gasteiger charge is -2.37. The summed E-state index contributed by atoms with van der Waals surface area (Å²) in [6.45, 7) is 0.644. The van der Waals surface area contributed by atoms with Crippen molar-refractivity contribution in [1.29, 1.82) is 5.26 Å². The molecule has 1 aliphatic rings. The highest BCUT2D eigenvalue weighted by molar-refractivity contribution is 9.10. The Bertz CT molecular complexity index is 996. The average Bonchev–Trinajstić information content (AvgIpc) is 2.79. The van der Waals surface area contributed by atoms with Crippen molar-refractivity contribution in [3.63, 3.8) is 0 Å². The van der Waals surface area contributed by atoms with Crippen molar-refractivity contribution in [3.05, 3.63) is 63.9 Å². The normalized spacial score (nSPS) is 15.1. The van der Waals surface area contributed by atoms with Gasteiger partial charge in [0.15, 0.2) is 6.61 Å². The Labute approximate surface area is 188 Å². The molecule has 0 aromatic heterocycles. The van der Waals surface area contributed by atoms with E-state index in [1.54, 1.807) is 35.2 Å². The largest absolute Gasteiger partial charge is 0.483 e. The number of halogens is 2. The second kappa shape index (κ2) is 9.92. The number of likely N-dealkylation sites (tertiary alicyclic amines) is 1. The van der Waals surface area contributed by atoms with E-state index in [4.69, 9.17) is 9.47 Å². The van der Waals surface area contributed by atoms with E-state index in [9.17, 15) is 19.2 Å². The molecule has 3 rings (SSSR count). The Balaban J connectivity index is 1.58. The minimum atomic E-state index is -0.584. The van der Waals surface area contributed by atoms with Gasteiger partial charge in [-0.05, 0) is 55.2 Å². The molecule has 1 saturated heterocycles. The molecule has 0 aliphatic carbocycles. The standard InChI is InChI=1S/C23H22BrFN2O4/c1-30-22(29)19-12-17(24)4-7-20(19)31-14-21(28)27-10-8-23(15-26,9-11-27)13-16-2-5-18(25)6-3-16/h2-7,12H,8-11,13-14H2,1H3. The molecule has 0 bridgehead atoms. The third-order valence-corrected chi connectivity index (χ3v) is 5.96. The summed E-state index contributed by atoms with van der Waals surface area (Å²) in [5, 5.41) is 9.76. The molecule has 2 aromatic carbocycles. The molecule has 1 aliphatic heterocycles. The minimum absolute atomic E-state index is 0.216. The molecule has 0 radical (unpaired) electrons. The predicted molar refractivity (Wildman–Crippen MR) is 115 cm³/mol. The predicted octanol–water partition coefficient (Wildman–Crippen LogP) is 4.13. The van der Waals surface area contributed by atoms with Crippen LogP contribution in [0.25, 0.3) is 0 Å². The van der Waals surface area contributed by atoms with Gasteiger partial charge in [-0.25, -0.2) is 9.18 Å². The van der Waals surface area contributed by atoms with Crippen LogP contribution >= 0.6 is 15.9 Å². The molecule has 2 aromatic rings. The summed E-state index contributed by atoms with van der Waals surface area (Å²) >= 11 is 3.30. The highest BCUT2D eigenvalue weighted by Gasteiger charge is 2.36. The summed E-state index contributed by atoms with van der Waals surface area (Å²) in [4.78, 5) is 26.2. The molecule has 8 heteroatoms. The number of carbonyl (C=O) groups excluding carboxylic acids is 2. The summed E-state index contributed by atoms with van der Waals surface area (Å²) in [6.07, 6.45) is 1.57. The Morgan fingerprint density at radius 1 is 1.19 bits per heavy atom. The monoisotopic (exact) mass is 488 g/mol. The number of benzene rings is 2. The smallest absolute Gasteiger partial charge is 0.341 e. The Hall–Kier alpha value is -2.92. The van der Waals surface area contributed by atoms with Crippen LogP contribution in [-0.2, 0) is 16.0 Å². The first-order chi connectivity index (χ1) is 14.9. The number of rotatable bonds is 6. The topological polar surface area (TPSA) is 79.6 Å². The first kappa shape index (κ1) is 22.8. The van der Waals surface area contributed by atoms with Crippen LogP contribution in [0.5, 0.6) is 5.75 Å². The number of nitriles is 1. The Morgan fingerprint density at radius 3 is 2.48 bits per heavy atom.